The molecule has 1 aliphatic heterocycles. The van der Waals surface area contributed by atoms with E-state index in [1.54, 1.807) is 0 Å². The van der Waals surface area contributed by atoms with Gasteiger partial charge in [-0.15, -0.1) is 0 Å². The van der Waals surface area contributed by atoms with E-state index in [9.17, 15) is 4.39 Å². The van der Waals surface area contributed by atoms with Crippen molar-refractivity contribution in [1.82, 2.24) is 4.90 Å². The molecule has 0 N–H and O–H groups in total. The summed E-state index contributed by atoms with van der Waals surface area (Å²) in [4.78, 5) is 2.40. The Morgan fingerprint density at radius 3 is 2.27 bits per heavy atom. The van der Waals surface area contributed by atoms with Crippen molar-refractivity contribution in [3.8, 4) is 0 Å². The van der Waals surface area contributed by atoms with Crippen LogP contribution in [0, 0.1) is 5.92 Å². The fourth-order valence-corrected chi connectivity index (χ4v) is 1.45. The summed E-state index contributed by atoms with van der Waals surface area (Å²) in [6, 6.07) is 0. The maximum Gasteiger partial charge on any atom is 0.0898 e. The van der Waals surface area contributed by atoms with Gasteiger partial charge in [0.15, 0.2) is 0 Å². The number of nitrogens with zero attached hydrogens (tertiary/aromatic N) is 1. The molecule has 1 saturated heterocycles. The first-order chi connectivity index (χ1) is 5.04. The van der Waals surface area contributed by atoms with Crippen molar-refractivity contribution in [2.45, 2.75) is 32.7 Å². The molecule has 0 unspecified atom stereocenters. The van der Waals surface area contributed by atoms with E-state index in [2.05, 4.69) is 25.7 Å². The van der Waals surface area contributed by atoms with Crippen molar-refractivity contribution in [2.24, 2.45) is 5.92 Å². The van der Waals surface area contributed by atoms with E-state index in [0.717, 1.165) is 19.5 Å². The van der Waals surface area contributed by atoms with Gasteiger partial charge in [0.05, 0.1) is 6.67 Å². The Labute approximate surface area is 68.6 Å². The number of halogens is 1. The van der Waals surface area contributed by atoms with Crippen molar-refractivity contribution in [3.63, 3.8) is 0 Å². The van der Waals surface area contributed by atoms with Gasteiger partial charge in [-0.3, -0.25) is 9.29 Å². The fourth-order valence-electron chi connectivity index (χ4n) is 1.45. The van der Waals surface area contributed by atoms with E-state index in [0.29, 0.717) is 5.92 Å². The van der Waals surface area contributed by atoms with Gasteiger partial charge in [0, 0.05) is 18.6 Å². The molecule has 0 aromatic heterocycles. The van der Waals surface area contributed by atoms with Crippen LogP contribution in [0.3, 0.4) is 0 Å². The van der Waals surface area contributed by atoms with Gasteiger partial charge in [0.25, 0.3) is 0 Å². The molecule has 66 valence electrons. The molecular formula is C9H18FN. The lowest BCUT2D eigenvalue weighted by Crippen LogP contribution is -2.55. The first-order valence-corrected chi connectivity index (χ1v) is 4.35. The van der Waals surface area contributed by atoms with Crippen LogP contribution in [0.15, 0.2) is 0 Å². The van der Waals surface area contributed by atoms with E-state index in [4.69, 9.17) is 0 Å². The Kier molecular flexibility index (Phi) is 2.53. The molecule has 1 aliphatic rings. The number of hydrogen-bond donors (Lipinski definition) is 0. The largest absolute Gasteiger partial charge is 0.298 e. The third-order valence-electron chi connectivity index (χ3n) is 2.42. The van der Waals surface area contributed by atoms with Gasteiger partial charge in [-0.05, 0) is 33.1 Å². The molecule has 0 amide bonds. The molecule has 0 radical (unpaired) electrons. The molecule has 0 atom stereocenters. The average Bonchev–Trinajstić information content (AvgIpc) is 1.74. The fraction of sp³-hybridized carbons (Fsp3) is 1.00. The van der Waals surface area contributed by atoms with Crippen LogP contribution >= 0.6 is 0 Å². The van der Waals surface area contributed by atoms with Crippen LogP contribution in [0.5, 0.6) is 0 Å². The topological polar surface area (TPSA) is 3.24 Å². The van der Waals surface area contributed by atoms with Crippen molar-refractivity contribution in [2.75, 3.05) is 19.8 Å². The third kappa shape index (κ3) is 2.16. The van der Waals surface area contributed by atoms with Gasteiger partial charge in [-0.1, -0.05) is 0 Å². The molecule has 2 heteroatoms. The van der Waals surface area contributed by atoms with Crippen molar-refractivity contribution in [3.05, 3.63) is 0 Å². The molecule has 0 aromatic carbocycles. The minimum Gasteiger partial charge on any atom is -0.298 e. The van der Waals surface area contributed by atoms with Gasteiger partial charge in [0.2, 0.25) is 0 Å². The molecular weight excluding hydrogens is 141 g/mol. The Morgan fingerprint density at radius 2 is 1.91 bits per heavy atom. The quantitative estimate of drug-likeness (QED) is 0.596. The Balaban J connectivity index is 2.19. The van der Waals surface area contributed by atoms with Crippen LogP contribution in [0.4, 0.5) is 4.39 Å². The van der Waals surface area contributed by atoms with E-state index >= 15 is 0 Å². The lowest BCUT2D eigenvalue weighted by atomic mass is 9.91. The predicted octanol–water partition coefficient (Wildman–Crippen LogP) is 2.08. The number of rotatable bonds is 2. The smallest absolute Gasteiger partial charge is 0.0898 e. The lowest BCUT2D eigenvalue weighted by molar-refractivity contribution is 0.00807. The summed E-state index contributed by atoms with van der Waals surface area (Å²) in [6.45, 7) is 8.65. The Hall–Kier alpha value is -0.110. The SMILES string of the molecule is CC(C)(C)N1CC(CCF)C1. The summed E-state index contributed by atoms with van der Waals surface area (Å²) in [7, 11) is 0. The summed E-state index contributed by atoms with van der Waals surface area (Å²) in [6.07, 6.45) is 0.757. The zero-order valence-electron chi connectivity index (χ0n) is 7.73. The monoisotopic (exact) mass is 159 g/mol. The van der Waals surface area contributed by atoms with Crippen LogP contribution in [-0.4, -0.2) is 30.2 Å². The summed E-state index contributed by atoms with van der Waals surface area (Å²) in [5, 5.41) is 0. The first-order valence-electron chi connectivity index (χ1n) is 4.35. The standard InChI is InChI=1S/C9H18FN/c1-9(2,3)11-6-8(7-11)4-5-10/h8H,4-7H2,1-3H3. The minimum absolute atomic E-state index is 0.150. The molecule has 1 fully saturated rings. The predicted molar refractivity (Wildman–Crippen MR) is 45.4 cm³/mol. The molecule has 0 aromatic rings. The Morgan fingerprint density at radius 1 is 1.36 bits per heavy atom. The number of alkyl halides is 1. The zero-order valence-corrected chi connectivity index (χ0v) is 7.73. The van der Waals surface area contributed by atoms with Gasteiger partial charge >= 0.3 is 0 Å². The summed E-state index contributed by atoms with van der Waals surface area (Å²) >= 11 is 0. The van der Waals surface area contributed by atoms with Gasteiger partial charge in [0.1, 0.15) is 0 Å². The second-order valence-electron chi connectivity index (χ2n) is 4.42. The zero-order chi connectivity index (χ0) is 8.48. The van der Waals surface area contributed by atoms with Crippen LogP contribution in [-0.2, 0) is 0 Å². The highest BCUT2D eigenvalue weighted by molar-refractivity contribution is 4.88. The number of hydrogen-bond acceptors (Lipinski definition) is 1. The van der Waals surface area contributed by atoms with E-state index < -0.39 is 0 Å². The summed E-state index contributed by atoms with van der Waals surface area (Å²) in [5.41, 5.74) is 0.285. The highest BCUT2D eigenvalue weighted by atomic mass is 19.1. The van der Waals surface area contributed by atoms with E-state index in [1.165, 1.54) is 0 Å². The molecule has 1 nitrogen and oxygen atoms in total. The average molecular weight is 159 g/mol. The van der Waals surface area contributed by atoms with E-state index in [-0.39, 0.29) is 12.2 Å². The van der Waals surface area contributed by atoms with Crippen LogP contribution < -0.4 is 0 Å². The first kappa shape index (κ1) is 8.98. The minimum atomic E-state index is -0.150. The lowest BCUT2D eigenvalue weighted by Gasteiger charge is -2.47. The van der Waals surface area contributed by atoms with Gasteiger partial charge < -0.3 is 0 Å². The third-order valence-corrected chi connectivity index (χ3v) is 2.42. The molecule has 0 aliphatic carbocycles. The summed E-state index contributed by atoms with van der Waals surface area (Å²) in [5.74, 6) is 0.624. The van der Waals surface area contributed by atoms with Gasteiger partial charge in [-0.2, -0.15) is 0 Å². The van der Waals surface area contributed by atoms with Crippen molar-refractivity contribution >= 4 is 0 Å². The highest BCUT2D eigenvalue weighted by Crippen LogP contribution is 2.26. The summed E-state index contributed by atoms with van der Waals surface area (Å²) < 4.78 is 11.9. The molecule has 0 bridgehead atoms. The maximum absolute atomic E-state index is 11.9. The molecule has 0 saturated carbocycles. The van der Waals surface area contributed by atoms with Crippen LogP contribution in [0.1, 0.15) is 27.2 Å². The second kappa shape index (κ2) is 3.10. The number of likely N-dealkylation sites (tertiary alicyclic amines) is 1. The second-order valence-corrected chi connectivity index (χ2v) is 4.42. The van der Waals surface area contributed by atoms with Crippen molar-refractivity contribution < 1.29 is 4.39 Å². The molecule has 1 heterocycles. The van der Waals surface area contributed by atoms with Crippen LogP contribution in [0.25, 0.3) is 0 Å². The highest BCUT2D eigenvalue weighted by Gasteiger charge is 2.33. The van der Waals surface area contributed by atoms with E-state index in [1.807, 2.05) is 0 Å². The maximum atomic E-state index is 11.9. The normalized spacial score (nSPS) is 21.8. The molecule has 11 heavy (non-hydrogen) atoms. The van der Waals surface area contributed by atoms with Crippen molar-refractivity contribution in [1.29, 1.82) is 0 Å². The molecule has 1 rings (SSSR count). The van der Waals surface area contributed by atoms with Gasteiger partial charge in [-0.25, -0.2) is 0 Å². The Bertz CT molecular complexity index is 122. The molecule has 0 spiro atoms. The van der Waals surface area contributed by atoms with Crippen LogP contribution in [0.2, 0.25) is 0 Å².